The SMILES string of the molecule is CCNC(=O)C(C)NC(=O)C1CC2CCCCC2N1.Cl. The number of hydrogen-bond acceptors (Lipinski definition) is 3. The van der Waals surface area contributed by atoms with Gasteiger partial charge in [0.25, 0.3) is 0 Å². The van der Waals surface area contributed by atoms with E-state index in [2.05, 4.69) is 16.0 Å². The molecule has 116 valence electrons. The Balaban J connectivity index is 0.00000200. The van der Waals surface area contributed by atoms with E-state index in [4.69, 9.17) is 0 Å². The second-order valence-corrected chi connectivity index (χ2v) is 5.73. The molecule has 1 aliphatic carbocycles. The largest absolute Gasteiger partial charge is 0.355 e. The molecule has 4 atom stereocenters. The molecule has 0 aromatic heterocycles. The third-order valence-electron chi connectivity index (χ3n) is 4.28. The zero-order valence-electron chi connectivity index (χ0n) is 12.3. The summed E-state index contributed by atoms with van der Waals surface area (Å²) in [4.78, 5) is 23.8. The van der Waals surface area contributed by atoms with Crippen LogP contribution < -0.4 is 16.0 Å². The summed E-state index contributed by atoms with van der Waals surface area (Å²) in [5.41, 5.74) is 0. The lowest BCUT2D eigenvalue weighted by Gasteiger charge is -2.24. The molecule has 0 bridgehead atoms. The number of likely N-dealkylation sites (N-methyl/N-ethyl adjacent to an activating group) is 1. The molecule has 2 amide bonds. The molecule has 2 aliphatic rings. The van der Waals surface area contributed by atoms with Crippen LogP contribution in [0.5, 0.6) is 0 Å². The molecule has 2 fully saturated rings. The molecule has 0 aromatic carbocycles. The van der Waals surface area contributed by atoms with Crippen LogP contribution in [-0.2, 0) is 9.59 Å². The predicted molar refractivity (Wildman–Crippen MR) is 80.8 cm³/mol. The number of carbonyl (C=O) groups is 2. The standard InChI is InChI=1S/C14H25N3O2.ClH/c1-3-15-13(18)9(2)16-14(19)12-8-10-6-4-5-7-11(10)17-12;/h9-12,17H,3-8H2,1-2H3,(H,15,18)(H,16,19);1H. The van der Waals surface area contributed by atoms with Gasteiger partial charge in [0.05, 0.1) is 6.04 Å². The first-order chi connectivity index (χ1) is 9.11. The molecule has 2 rings (SSSR count). The first kappa shape index (κ1) is 17.2. The fourth-order valence-corrected chi connectivity index (χ4v) is 3.23. The number of fused-ring (bicyclic) bond motifs is 1. The van der Waals surface area contributed by atoms with E-state index in [0.29, 0.717) is 18.5 Å². The number of carbonyl (C=O) groups excluding carboxylic acids is 2. The van der Waals surface area contributed by atoms with Gasteiger partial charge >= 0.3 is 0 Å². The summed E-state index contributed by atoms with van der Waals surface area (Å²) in [6.45, 7) is 4.19. The Bertz CT molecular complexity index is 337. The zero-order valence-corrected chi connectivity index (χ0v) is 13.1. The maximum absolute atomic E-state index is 12.2. The molecule has 5 nitrogen and oxygen atoms in total. The third kappa shape index (κ3) is 4.09. The second kappa shape index (κ2) is 7.84. The highest BCUT2D eigenvalue weighted by atomic mass is 35.5. The first-order valence-electron chi connectivity index (χ1n) is 7.46. The van der Waals surface area contributed by atoms with E-state index in [9.17, 15) is 9.59 Å². The van der Waals surface area contributed by atoms with Crippen molar-refractivity contribution in [1.29, 1.82) is 0 Å². The first-order valence-corrected chi connectivity index (χ1v) is 7.46. The Morgan fingerprint density at radius 2 is 2.00 bits per heavy atom. The molecule has 20 heavy (non-hydrogen) atoms. The molecule has 0 aromatic rings. The minimum absolute atomic E-state index is 0. The minimum atomic E-state index is -0.461. The van der Waals surface area contributed by atoms with E-state index in [-0.39, 0.29) is 30.3 Å². The Morgan fingerprint density at radius 1 is 1.30 bits per heavy atom. The molecule has 1 saturated heterocycles. The van der Waals surface area contributed by atoms with Crippen molar-refractivity contribution < 1.29 is 9.59 Å². The maximum Gasteiger partial charge on any atom is 0.242 e. The minimum Gasteiger partial charge on any atom is -0.355 e. The number of halogens is 1. The maximum atomic E-state index is 12.2. The summed E-state index contributed by atoms with van der Waals surface area (Å²) in [5, 5.41) is 8.94. The molecule has 6 heteroatoms. The average molecular weight is 304 g/mol. The lowest BCUT2D eigenvalue weighted by Crippen LogP contribution is -2.50. The van der Waals surface area contributed by atoms with E-state index < -0.39 is 6.04 Å². The van der Waals surface area contributed by atoms with Crippen molar-refractivity contribution in [1.82, 2.24) is 16.0 Å². The van der Waals surface area contributed by atoms with Crippen LogP contribution in [0.4, 0.5) is 0 Å². The van der Waals surface area contributed by atoms with Crippen molar-refractivity contribution in [2.75, 3.05) is 6.54 Å². The van der Waals surface area contributed by atoms with Gasteiger partial charge in [0.2, 0.25) is 11.8 Å². The molecule has 1 saturated carbocycles. The molecule has 0 radical (unpaired) electrons. The normalized spacial score (nSPS) is 29.8. The number of hydrogen-bond donors (Lipinski definition) is 3. The van der Waals surface area contributed by atoms with Gasteiger partial charge < -0.3 is 16.0 Å². The molecule has 3 N–H and O–H groups in total. The van der Waals surface area contributed by atoms with Gasteiger partial charge in [-0.1, -0.05) is 12.8 Å². The van der Waals surface area contributed by atoms with Crippen molar-refractivity contribution >= 4 is 24.2 Å². The Labute approximate surface area is 127 Å². The smallest absolute Gasteiger partial charge is 0.242 e. The van der Waals surface area contributed by atoms with Crippen molar-refractivity contribution in [3.8, 4) is 0 Å². The summed E-state index contributed by atoms with van der Waals surface area (Å²) in [5.74, 6) is 0.490. The van der Waals surface area contributed by atoms with Gasteiger partial charge in [0.15, 0.2) is 0 Å². The fourth-order valence-electron chi connectivity index (χ4n) is 3.23. The van der Waals surface area contributed by atoms with Crippen LogP contribution in [0.3, 0.4) is 0 Å². The van der Waals surface area contributed by atoms with E-state index in [1.807, 2.05) is 6.92 Å². The van der Waals surface area contributed by atoms with Crippen molar-refractivity contribution in [3.63, 3.8) is 0 Å². The summed E-state index contributed by atoms with van der Waals surface area (Å²) in [6, 6.07) is -0.0777. The van der Waals surface area contributed by atoms with Crippen LogP contribution in [0.1, 0.15) is 46.0 Å². The van der Waals surface area contributed by atoms with Crippen LogP contribution in [-0.4, -0.2) is 36.5 Å². The fraction of sp³-hybridized carbons (Fsp3) is 0.857. The molecular weight excluding hydrogens is 278 g/mol. The van der Waals surface area contributed by atoms with Crippen molar-refractivity contribution in [2.24, 2.45) is 5.92 Å². The van der Waals surface area contributed by atoms with Gasteiger partial charge in [0.1, 0.15) is 6.04 Å². The number of rotatable bonds is 4. The molecule has 1 aliphatic heterocycles. The molecule has 4 unspecified atom stereocenters. The summed E-state index contributed by atoms with van der Waals surface area (Å²) >= 11 is 0. The Kier molecular flexibility index (Phi) is 6.76. The summed E-state index contributed by atoms with van der Waals surface area (Å²) < 4.78 is 0. The molecule has 1 heterocycles. The zero-order chi connectivity index (χ0) is 13.8. The highest BCUT2D eigenvalue weighted by molar-refractivity contribution is 5.89. The topological polar surface area (TPSA) is 70.2 Å². The van der Waals surface area contributed by atoms with Crippen LogP contribution in [0.25, 0.3) is 0 Å². The molecule has 0 spiro atoms. The number of amides is 2. The van der Waals surface area contributed by atoms with E-state index >= 15 is 0 Å². The summed E-state index contributed by atoms with van der Waals surface area (Å²) in [6.07, 6.45) is 5.87. The van der Waals surface area contributed by atoms with Gasteiger partial charge in [-0.2, -0.15) is 0 Å². The lowest BCUT2D eigenvalue weighted by molar-refractivity contribution is -0.129. The van der Waals surface area contributed by atoms with E-state index in [1.54, 1.807) is 6.92 Å². The van der Waals surface area contributed by atoms with E-state index in [0.717, 1.165) is 6.42 Å². The van der Waals surface area contributed by atoms with Gasteiger partial charge in [-0.3, -0.25) is 9.59 Å². The van der Waals surface area contributed by atoms with Gasteiger partial charge in [-0.15, -0.1) is 12.4 Å². The highest BCUT2D eigenvalue weighted by Crippen LogP contribution is 2.33. The number of nitrogens with one attached hydrogen (secondary N) is 3. The van der Waals surface area contributed by atoms with Gasteiger partial charge in [-0.05, 0) is 39.0 Å². The Hall–Kier alpha value is -0.810. The van der Waals surface area contributed by atoms with Crippen LogP contribution in [0.2, 0.25) is 0 Å². The van der Waals surface area contributed by atoms with Crippen molar-refractivity contribution in [2.45, 2.75) is 64.1 Å². The second-order valence-electron chi connectivity index (χ2n) is 5.73. The lowest BCUT2D eigenvalue weighted by atomic mass is 9.85. The van der Waals surface area contributed by atoms with Gasteiger partial charge in [0, 0.05) is 12.6 Å². The molecular formula is C14H26ClN3O2. The van der Waals surface area contributed by atoms with Crippen molar-refractivity contribution in [3.05, 3.63) is 0 Å². The van der Waals surface area contributed by atoms with Crippen LogP contribution in [0.15, 0.2) is 0 Å². The van der Waals surface area contributed by atoms with Crippen LogP contribution in [0, 0.1) is 5.92 Å². The predicted octanol–water partition coefficient (Wildman–Crippen LogP) is 0.970. The average Bonchev–Trinajstić information content (AvgIpc) is 2.82. The highest BCUT2D eigenvalue weighted by Gasteiger charge is 2.38. The monoisotopic (exact) mass is 303 g/mol. The quantitative estimate of drug-likeness (QED) is 0.725. The van der Waals surface area contributed by atoms with Crippen LogP contribution >= 0.6 is 12.4 Å². The van der Waals surface area contributed by atoms with Gasteiger partial charge in [-0.25, -0.2) is 0 Å². The Morgan fingerprint density at radius 3 is 2.65 bits per heavy atom. The summed E-state index contributed by atoms with van der Waals surface area (Å²) in [7, 11) is 0. The van der Waals surface area contributed by atoms with E-state index in [1.165, 1.54) is 25.7 Å². The third-order valence-corrected chi connectivity index (χ3v) is 4.28.